The lowest BCUT2D eigenvalue weighted by Crippen LogP contribution is -2.15. The van der Waals surface area contributed by atoms with E-state index in [4.69, 9.17) is 9.47 Å². The summed E-state index contributed by atoms with van der Waals surface area (Å²) in [6, 6.07) is 8.28. The van der Waals surface area contributed by atoms with Crippen molar-refractivity contribution >= 4 is 31.6 Å². The van der Waals surface area contributed by atoms with E-state index >= 15 is 0 Å². The summed E-state index contributed by atoms with van der Waals surface area (Å²) in [7, 11) is -1.20. The van der Waals surface area contributed by atoms with Crippen LogP contribution in [-0.4, -0.2) is 22.6 Å². The fourth-order valence-corrected chi connectivity index (χ4v) is 3.32. The molecule has 2 aromatic rings. The molecule has 0 amide bonds. The molecule has 0 saturated heterocycles. The van der Waals surface area contributed by atoms with Crippen LogP contribution in [0.5, 0.6) is 11.5 Å². The van der Waals surface area contributed by atoms with Gasteiger partial charge in [-0.2, -0.15) is 0 Å². The van der Waals surface area contributed by atoms with E-state index in [-0.39, 0.29) is 16.3 Å². The second-order valence-corrected chi connectivity index (χ2v) is 6.81. The summed E-state index contributed by atoms with van der Waals surface area (Å²) in [6.07, 6.45) is 0. The second kappa shape index (κ2) is 6.53. The van der Waals surface area contributed by atoms with Crippen molar-refractivity contribution in [2.75, 3.05) is 18.9 Å². The molecule has 118 valence electrons. The molecule has 0 unspecified atom stereocenters. The van der Waals surface area contributed by atoms with Gasteiger partial charge < -0.3 is 9.47 Å². The lowest BCUT2D eigenvalue weighted by molar-refractivity contribution is 0.386. The van der Waals surface area contributed by atoms with Crippen LogP contribution in [-0.2, 0) is 10.0 Å². The molecule has 0 aliphatic heterocycles. The van der Waals surface area contributed by atoms with Gasteiger partial charge in [-0.3, -0.25) is 4.72 Å². The number of methoxy groups -OCH3 is 2. The van der Waals surface area contributed by atoms with Gasteiger partial charge in [-0.15, -0.1) is 0 Å². The Morgan fingerprint density at radius 1 is 1.09 bits per heavy atom. The molecule has 2 rings (SSSR count). The number of benzene rings is 2. The average Bonchev–Trinajstić information content (AvgIpc) is 2.49. The summed E-state index contributed by atoms with van der Waals surface area (Å²) in [6.45, 7) is 0. The standard InChI is InChI=1S/C14H13BrFNO4S/c1-20-10-4-6-14(13(8-10)21-2)22(18,19)17-12-5-3-9(15)7-11(12)16/h3-8,17H,1-2H3. The molecule has 0 aromatic heterocycles. The Kier molecular flexibility index (Phi) is 4.92. The number of hydrogen-bond acceptors (Lipinski definition) is 4. The number of hydrogen-bond donors (Lipinski definition) is 1. The van der Waals surface area contributed by atoms with Crippen LogP contribution in [0.15, 0.2) is 45.8 Å². The molecule has 0 atom stereocenters. The van der Waals surface area contributed by atoms with Gasteiger partial charge in [-0.25, -0.2) is 12.8 Å². The maximum atomic E-state index is 13.8. The quantitative estimate of drug-likeness (QED) is 0.850. The molecule has 0 saturated carbocycles. The zero-order chi connectivity index (χ0) is 16.3. The highest BCUT2D eigenvalue weighted by Gasteiger charge is 2.21. The first-order valence-electron chi connectivity index (χ1n) is 6.07. The van der Waals surface area contributed by atoms with Gasteiger partial charge in [0, 0.05) is 10.5 Å². The zero-order valence-corrected chi connectivity index (χ0v) is 14.2. The molecule has 0 radical (unpaired) electrons. The molecule has 8 heteroatoms. The van der Waals surface area contributed by atoms with Gasteiger partial charge in [0.15, 0.2) is 0 Å². The fourth-order valence-electron chi connectivity index (χ4n) is 1.77. The van der Waals surface area contributed by atoms with Crippen molar-refractivity contribution < 1.29 is 22.3 Å². The summed E-state index contributed by atoms with van der Waals surface area (Å²) in [5, 5.41) is 0. The number of nitrogens with one attached hydrogen (secondary N) is 1. The second-order valence-electron chi connectivity index (χ2n) is 4.25. The number of anilines is 1. The summed E-state index contributed by atoms with van der Waals surface area (Å²) in [5.74, 6) is -0.138. The topological polar surface area (TPSA) is 64.6 Å². The Morgan fingerprint density at radius 3 is 2.41 bits per heavy atom. The van der Waals surface area contributed by atoms with Crippen molar-refractivity contribution in [3.63, 3.8) is 0 Å². The lowest BCUT2D eigenvalue weighted by Gasteiger charge is -2.13. The number of halogens is 2. The number of sulfonamides is 1. The highest BCUT2D eigenvalue weighted by atomic mass is 79.9. The molecule has 0 heterocycles. The van der Waals surface area contributed by atoms with Crippen LogP contribution in [0.1, 0.15) is 0 Å². The van der Waals surface area contributed by atoms with Gasteiger partial charge in [0.2, 0.25) is 0 Å². The smallest absolute Gasteiger partial charge is 0.265 e. The van der Waals surface area contributed by atoms with E-state index in [1.165, 1.54) is 50.6 Å². The van der Waals surface area contributed by atoms with Crippen LogP contribution in [0, 0.1) is 5.82 Å². The highest BCUT2D eigenvalue weighted by molar-refractivity contribution is 9.10. The molecule has 0 fully saturated rings. The Balaban J connectivity index is 2.42. The maximum absolute atomic E-state index is 13.8. The Morgan fingerprint density at radius 2 is 1.82 bits per heavy atom. The molecule has 0 aliphatic rings. The van der Waals surface area contributed by atoms with Crippen LogP contribution in [0.3, 0.4) is 0 Å². The van der Waals surface area contributed by atoms with Crippen LogP contribution >= 0.6 is 15.9 Å². The van der Waals surface area contributed by atoms with E-state index < -0.39 is 15.8 Å². The summed E-state index contributed by atoms with van der Waals surface area (Å²) < 4.78 is 51.4. The van der Waals surface area contributed by atoms with E-state index in [1.807, 2.05) is 0 Å². The van der Waals surface area contributed by atoms with Crippen molar-refractivity contribution in [1.82, 2.24) is 0 Å². The first-order valence-corrected chi connectivity index (χ1v) is 8.35. The third kappa shape index (κ3) is 3.50. The van der Waals surface area contributed by atoms with Crippen molar-refractivity contribution in [2.24, 2.45) is 0 Å². The van der Waals surface area contributed by atoms with Gasteiger partial charge >= 0.3 is 0 Å². The third-order valence-electron chi connectivity index (χ3n) is 2.84. The van der Waals surface area contributed by atoms with E-state index in [0.717, 1.165) is 0 Å². The summed E-state index contributed by atoms with van der Waals surface area (Å²) in [5.41, 5.74) is -0.152. The fraction of sp³-hybridized carbons (Fsp3) is 0.143. The molecule has 0 bridgehead atoms. The number of ether oxygens (including phenoxy) is 2. The normalized spacial score (nSPS) is 11.1. The number of rotatable bonds is 5. The molecule has 0 spiro atoms. The zero-order valence-electron chi connectivity index (χ0n) is 11.8. The van der Waals surface area contributed by atoms with Crippen molar-refractivity contribution in [3.8, 4) is 11.5 Å². The van der Waals surface area contributed by atoms with Crippen LogP contribution in [0.25, 0.3) is 0 Å². The highest BCUT2D eigenvalue weighted by Crippen LogP contribution is 2.30. The molecule has 1 N–H and O–H groups in total. The van der Waals surface area contributed by atoms with Crippen LogP contribution < -0.4 is 14.2 Å². The predicted octanol–water partition coefficient (Wildman–Crippen LogP) is 3.41. The average molecular weight is 390 g/mol. The molecular weight excluding hydrogens is 377 g/mol. The summed E-state index contributed by atoms with van der Waals surface area (Å²) >= 11 is 3.11. The van der Waals surface area contributed by atoms with Crippen LogP contribution in [0.4, 0.5) is 10.1 Å². The van der Waals surface area contributed by atoms with Crippen LogP contribution in [0.2, 0.25) is 0 Å². The van der Waals surface area contributed by atoms with Gasteiger partial charge in [-0.1, -0.05) is 15.9 Å². The largest absolute Gasteiger partial charge is 0.497 e. The van der Waals surface area contributed by atoms with Crippen molar-refractivity contribution in [1.29, 1.82) is 0 Å². The first-order chi connectivity index (χ1) is 10.4. The molecule has 5 nitrogen and oxygen atoms in total. The van der Waals surface area contributed by atoms with Gasteiger partial charge in [-0.05, 0) is 30.3 Å². The van der Waals surface area contributed by atoms with Gasteiger partial charge in [0.05, 0.1) is 19.9 Å². The monoisotopic (exact) mass is 389 g/mol. The Hall–Kier alpha value is -1.80. The van der Waals surface area contributed by atoms with E-state index in [2.05, 4.69) is 20.7 Å². The molecule has 2 aromatic carbocycles. The minimum atomic E-state index is -4.00. The lowest BCUT2D eigenvalue weighted by atomic mass is 10.3. The molecule has 22 heavy (non-hydrogen) atoms. The predicted molar refractivity (Wildman–Crippen MR) is 84.5 cm³/mol. The summed E-state index contributed by atoms with van der Waals surface area (Å²) in [4.78, 5) is -0.113. The van der Waals surface area contributed by atoms with Crippen molar-refractivity contribution in [3.05, 3.63) is 46.7 Å². The SMILES string of the molecule is COc1ccc(S(=O)(=O)Nc2ccc(Br)cc2F)c(OC)c1. The van der Waals surface area contributed by atoms with E-state index in [0.29, 0.717) is 10.2 Å². The Bertz CT molecular complexity index is 795. The van der Waals surface area contributed by atoms with Gasteiger partial charge in [0.25, 0.3) is 10.0 Å². The maximum Gasteiger partial charge on any atom is 0.265 e. The van der Waals surface area contributed by atoms with Crippen molar-refractivity contribution in [2.45, 2.75) is 4.90 Å². The van der Waals surface area contributed by atoms with E-state index in [1.54, 1.807) is 0 Å². The molecular formula is C14H13BrFNO4S. The third-order valence-corrected chi connectivity index (χ3v) is 4.73. The van der Waals surface area contributed by atoms with E-state index in [9.17, 15) is 12.8 Å². The molecule has 0 aliphatic carbocycles. The first kappa shape index (κ1) is 16.6. The Labute approximate surface area is 136 Å². The minimum absolute atomic E-state index is 0.101. The van der Waals surface area contributed by atoms with Gasteiger partial charge in [0.1, 0.15) is 22.2 Å². The minimum Gasteiger partial charge on any atom is -0.497 e.